The number of likely N-dealkylation sites (N-methyl/N-ethyl adjacent to an activating group) is 2. The third-order valence-corrected chi connectivity index (χ3v) is 4.21. The van der Waals surface area contributed by atoms with E-state index in [1.165, 1.54) is 32.4 Å². The summed E-state index contributed by atoms with van der Waals surface area (Å²) in [4.78, 5) is 5.05. The van der Waals surface area contributed by atoms with Crippen molar-refractivity contribution in [3.8, 4) is 0 Å². The molecule has 1 unspecified atom stereocenters. The van der Waals surface area contributed by atoms with Crippen LogP contribution in [0, 0.1) is 5.41 Å². The van der Waals surface area contributed by atoms with Gasteiger partial charge in [0.25, 0.3) is 0 Å². The molecular formula is C12H24N2. The van der Waals surface area contributed by atoms with Crippen molar-refractivity contribution in [3.05, 3.63) is 0 Å². The Balaban J connectivity index is 1.86. The second-order valence-electron chi connectivity index (χ2n) is 5.81. The summed E-state index contributed by atoms with van der Waals surface area (Å²) in [5.41, 5.74) is 0.761. The molecule has 2 aliphatic rings. The highest BCUT2D eigenvalue weighted by atomic mass is 15.2. The van der Waals surface area contributed by atoms with Crippen LogP contribution in [0.5, 0.6) is 0 Å². The van der Waals surface area contributed by atoms with Crippen LogP contribution in [0.15, 0.2) is 0 Å². The highest BCUT2D eigenvalue weighted by Crippen LogP contribution is 2.54. The first-order chi connectivity index (χ1) is 6.52. The maximum absolute atomic E-state index is 2.58. The zero-order valence-corrected chi connectivity index (χ0v) is 10.1. The van der Waals surface area contributed by atoms with Crippen molar-refractivity contribution >= 4 is 0 Å². The molecule has 1 atom stereocenters. The van der Waals surface area contributed by atoms with Crippen molar-refractivity contribution in [3.63, 3.8) is 0 Å². The number of hydrogen-bond acceptors (Lipinski definition) is 2. The number of likely N-dealkylation sites (tertiary alicyclic amines) is 1. The first-order valence-electron chi connectivity index (χ1n) is 5.93. The van der Waals surface area contributed by atoms with Crippen LogP contribution in [0.1, 0.15) is 33.1 Å². The first kappa shape index (κ1) is 10.4. The van der Waals surface area contributed by atoms with Gasteiger partial charge in [0.2, 0.25) is 0 Å². The lowest BCUT2D eigenvalue weighted by Gasteiger charge is -2.28. The van der Waals surface area contributed by atoms with Crippen molar-refractivity contribution in [2.45, 2.75) is 45.2 Å². The summed E-state index contributed by atoms with van der Waals surface area (Å²) >= 11 is 0. The molecule has 1 saturated carbocycles. The van der Waals surface area contributed by atoms with Crippen LogP contribution >= 0.6 is 0 Å². The first-order valence-corrected chi connectivity index (χ1v) is 5.93. The Morgan fingerprint density at radius 3 is 2.50 bits per heavy atom. The third kappa shape index (κ3) is 1.96. The Hall–Kier alpha value is -0.0800. The molecule has 2 heteroatoms. The standard InChI is InChI=1S/C12H24N2/c1-10(2)13(3)8-11-7-12(5-6-12)9-14(11)4/h10-11H,5-9H2,1-4H3. The fourth-order valence-corrected chi connectivity index (χ4v) is 2.66. The summed E-state index contributed by atoms with van der Waals surface area (Å²) in [5.74, 6) is 0. The van der Waals surface area contributed by atoms with Crippen molar-refractivity contribution in [1.29, 1.82) is 0 Å². The van der Waals surface area contributed by atoms with E-state index in [0.29, 0.717) is 6.04 Å². The van der Waals surface area contributed by atoms with Crippen LogP contribution in [0.4, 0.5) is 0 Å². The molecule has 1 aliphatic heterocycles. The number of rotatable bonds is 3. The van der Waals surface area contributed by atoms with Gasteiger partial charge in [-0.25, -0.2) is 0 Å². The molecule has 14 heavy (non-hydrogen) atoms. The van der Waals surface area contributed by atoms with E-state index in [4.69, 9.17) is 0 Å². The van der Waals surface area contributed by atoms with Crippen LogP contribution < -0.4 is 0 Å². The summed E-state index contributed by atoms with van der Waals surface area (Å²) in [7, 11) is 4.54. The number of hydrogen-bond donors (Lipinski definition) is 0. The average molecular weight is 196 g/mol. The summed E-state index contributed by atoms with van der Waals surface area (Å²) in [6.45, 7) is 7.16. The maximum atomic E-state index is 2.58. The summed E-state index contributed by atoms with van der Waals surface area (Å²) in [5, 5.41) is 0. The van der Waals surface area contributed by atoms with Crippen molar-refractivity contribution in [1.82, 2.24) is 9.80 Å². The smallest absolute Gasteiger partial charge is 0.0226 e. The lowest BCUT2D eigenvalue weighted by molar-refractivity contribution is 0.192. The summed E-state index contributed by atoms with van der Waals surface area (Å²) < 4.78 is 0. The third-order valence-electron chi connectivity index (χ3n) is 4.21. The normalized spacial score (nSPS) is 30.9. The molecule has 0 radical (unpaired) electrons. The quantitative estimate of drug-likeness (QED) is 0.679. The molecule has 1 saturated heterocycles. The molecule has 1 aliphatic carbocycles. The Morgan fingerprint density at radius 2 is 2.07 bits per heavy atom. The van der Waals surface area contributed by atoms with Crippen LogP contribution in [-0.2, 0) is 0 Å². The Labute approximate surface area is 88.3 Å². The van der Waals surface area contributed by atoms with Gasteiger partial charge in [-0.2, -0.15) is 0 Å². The van der Waals surface area contributed by atoms with E-state index in [-0.39, 0.29) is 0 Å². The molecule has 0 aromatic heterocycles. The van der Waals surface area contributed by atoms with Gasteiger partial charge in [0.15, 0.2) is 0 Å². The highest BCUT2D eigenvalue weighted by Gasteiger charge is 2.50. The largest absolute Gasteiger partial charge is 0.302 e. The predicted molar refractivity (Wildman–Crippen MR) is 60.5 cm³/mol. The molecule has 1 heterocycles. The molecule has 0 aromatic rings. The lowest BCUT2D eigenvalue weighted by atomic mass is 10.0. The van der Waals surface area contributed by atoms with Gasteiger partial charge in [0.05, 0.1) is 0 Å². The second-order valence-corrected chi connectivity index (χ2v) is 5.81. The molecule has 2 rings (SSSR count). The van der Waals surface area contributed by atoms with Gasteiger partial charge < -0.3 is 9.80 Å². The van der Waals surface area contributed by atoms with E-state index in [1.807, 2.05) is 0 Å². The second kappa shape index (κ2) is 3.49. The fraction of sp³-hybridized carbons (Fsp3) is 1.00. The Morgan fingerprint density at radius 1 is 1.43 bits per heavy atom. The van der Waals surface area contributed by atoms with Gasteiger partial charge in [-0.1, -0.05) is 0 Å². The minimum atomic E-state index is 0.680. The van der Waals surface area contributed by atoms with E-state index in [2.05, 4.69) is 37.7 Å². The minimum absolute atomic E-state index is 0.680. The van der Waals surface area contributed by atoms with E-state index in [9.17, 15) is 0 Å². The van der Waals surface area contributed by atoms with Gasteiger partial charge in [0.1, 0.15) is 0 Å². The van der Waals surface area contributed by atoms with E-state index < -0.39 is 0 Å². The summed E-state index contributed by atoms with van der Waals surface area (Å²) in [6.07, 6.45) is 4.42. The number of nitrogens with zero attached hydrogens (tertiary/aromatic N) is 2. The lowest BCUT2D eigenvalue weighted by Crippen LogP contribution is -2.39. The molecule has 2 nitrogen and oxygen atoms in total. The molecule has 2 fully saturated rings. The predicted octanol–water partition coefficient (Wildman–Crippen LogP) is 1.81. The minimum Gasteiger partial charge on any atom is -0.302 e. The van der Waals surface area contributed by atoms with E-state index >= 15 is 0 Å². The molecular weight excluding hydrogens is 172 g/mol. The fourth-order valence-electron chi connectivity index (χ4n) is 2.66. The van der Waals surface area contributed by atoms with Gasteiger partial charge >= 0.3 is 0 Å². The Bertz CT molecular complexity index is 208. The van der Waals surface area contributed by atoms with Crippen LogP contribution in [0.2, 0.25) is 0 Å². The summed E-state index contributed by atoms with van der Waals surface area (Å²) in [6, 6.07) is 1.49. The van der Waals surface area contributed by atoms with Crippen molar-refractivity contribution in [2.24, 2.45) is 5.41 Å². The zero-order valence-electron chi connectivity index (χ0n) is 10.1. The zero-order chi connectivity index (χ0) is 10.3. The van der Waals surface area contributed by atoms with Gasteiger partial charge in [-0.05, 0) is 52.6 Å². The van der Waals surface area contributed by atoms with Gasteiger partial charge in [-0.15, -0.1) is 0 Å². The Kier molecular flexibility index (Phi) is 2.61. The SMILES string of the molecule is CC(C)N(C)CC1CC2(CC2)CN1C. The van der Waals surface area contributed by atoms with Crippen LogP contribution in [0.25, 0.3) is 0 Å². The van der Waals surface area contributed by atoms with Gasteiger partial charge in [0, 0.05) is 25.2 Å². The molecule has 1 spiro atoms. The topological polar surface area (TPSA) is 6.48 Å². The monoisotopic (exact) mass is 196 g/mol. The molecule has 82 valence electrons. The maximum Gasteiger partial charge on any atom is 0.0226 e. The van der Waals surface area contributed by atoms with Crippen LogP contribution in [0.3, 0.4) is 0 Å². The molecule has 0 amide bonds. The molecule has 0 N–H and O–H groups in total. The molecule has 0 aromatic carbocycles. The molecule has 0 bridgehead atoms. The van der Waals surface area contributed by atoms with E-state index in [1.54, 1.807) is 0 Å². The average Bonchev–Trinajstić information content (AvgIpc) is 2.75. The van der Waals surface area contributed by atoms with E-state index in [0.717, 1.165) is 11.5 Å². The van der Waals surface area contributed by atoms with Crippen LogP contribution in [-0.4, -0.2) is 49.1 Å². The highest BCUT2D eigenvalue weighted by molar-refractivity contribution is 5.04. The van der Waals surface area contributed by atoms with Crippen molar-refractivity contribution < 1.29 is 0 Å². The van der Waals surface area contributed by atoms with Crippen molar-refractivity contribution in [2.75, 3.05) is 27.2 Å². The van der Waals surface area contributed by atoms with Gasteiger partial charge in [-0.3, -0.25) is 0 Å².